The topological polar surface area (TPSA) is 49.3 Å². The molecular weight excluding hydrogens is 325 g/mol. The number of alkyl halides is 3. The number of nitrogens with zero attached hydrogens (tertiary/aromatic N) is 2. The Morgan fingerprint density at radius 1 is 1.35 bits per heavy atom. The van der Waals surface area contributed by atoms with Gasteiger partial charge >= 0.3 is 6.18 Å². The standard InChI is InChI=1S/C15H25F3N4S/c1-4-6-7-8-11(3)21-14(19-5-2)20-9-13-22-12(10-23-13)15(16,17)18/h10-11H,4-9H2,1-3H3,(H2,19,20,21). The zero-order valence-electron chi connectivity index (χ0n) is 13.8. The van der Waals surface area contributed by atoms with Gasteiger partial charge < -0.3 is 10.6 Å². The van der Waals surface area contributed by atoms with Gasteiger partial charge in [-0.05, 0) is 20.3 Å². The van der Waals surface area contributed by atoms with Gasteiger partial charge in [0.1, 0.15) is 5.01 Å². The van der Waals surface area contributed by atoms with Crippen LogP contribution in [-0.4, -0.2) is 23.5 Å². The zero-order valence-corrected chi connectivity index (χ0v) is 14.7. The predicted octanol–water partition coefficient (Wildman–Crippen LogP) is 4.19. The van der Waals surface area contributed by atoms with Gasteiger partial charge in [-0.15, -0.1) is 11.3 Å². The van der Waals surface area contributed by atoms with Crippen LogP contribution in [0.3, 0.4) is 0 Å². The highest BCUT2D eigenvalue weighted by Gasteiger charge is 2.33. The average Bonchev–Trinajstić information content (AvgIpc) is 2.94. The molecule has 0 aromatic carbocycles. The summed E-state index contributed by atoms with van der Waals surface area (Å²) in [4.78, 5) is 7.91. The van der Waals surface area contributed by atoms with Gasteiger partial charge in [-0.3, -0.25) is 0 Å². The third-order valence-electron chi connectivity index (χ3n) is 3.18. The summed E-state index contributed by atoms with van der Waals surface area (Å²) in [7, 11) is 0. The summed E-state index contributed by atoms with van der Waals surface area (Å²) in [6.07, 6.45) is 0.153. The Morgan fingerprint density at radius 2 is 2.09 bits per heavy atom. The summed E-state index contributed by atoms with van der Waals surface area (Å²) in [6, 6.07) is 0.265. The van der Waals surface area contributed by atoms with Gasteiger partial charge in [-0.2, -0.15) is 13.2 Å². The Kier molecular flexibility index (Phi) is 8.36. The SMILES string of the molecule is CCCCCC(C)NC(=NCc1nc(C(F)(F)F)cs1)NCC. The second-order valence-corrected chi connectivity index (χ2v) is 6.30. The summed E-state index contributed by atoms with van der Waals surface area (Å²) in [6.45, 7) is 7.02. The first-order chi connectivity index (χ1) is 10.9. The fourth-order valence-electron chi connectivity index (χ4n) is 1.99. The van der Waals surface area contributed by atoms with Crippen molar-refractivity contribution in [1.29, 1.82) is 0 Å². The lowest BCUT2D eigenvalue weighted by atomic mass is 10.1. The molecule has 1 unspecified atom stereocenters. The number of hydrogen-bond donors (Lipinski definition) is 2. The molecule has 0 fully saturated rings. The van der Waals surface area contributed by atoms with Crippen molar-refractivity contribution in [1.82, 2.24) is 15.6 Å². The van der Waals surface area contributed by atoms with Crippen LogP contribution in [0.15, 0.2) is 10.4 Å². The first kappa shape index (κ1) is 19.7. The number of halogens is 3. The minimum atomic E-state index is -4.39. The van der Waals surface area contributed by atoms with Crippen LogP contribution in [0.5, 0.6) is 0 Å². The number of thiazole rings is 1. The van der Waals surface area contributed by atoms with E-state index in [0.29, 0.717) is 17.5 Å². The van der Waals surface area contributed by atoms with Gasteiger partial charge in [-0.1, -0.05) is 26.2 Å². The summed E-state index contributed by atoms with van der Waals surface area (Å²) in [5, 5.41) is 7.76. The van der Waals surface area contributed by atoms with Crippen molar-refractivity contribution in [2.24, 2.45) is 4.99 Å². The van der Waals surface area contributed by atoms with Crippen molar-refractivity contribution >= 4 is 17.3 Å². The van der Waals surface area contributed by atoms with Crippen LogP contribution in [-0.2, 0) is 12.7 Å². The molecule has 0 amide bonds. The molecular formula is C15H25F3N4S. The van der Waals surface area contributed by atoms with Gasteiger partial charge in [0.2, 0.25) is 0 Å². The molecule has 0 aliphatic rings. The van der Waals surface area contributed by atoms with E-state index in [0.717, 1.165) is 29.6 Å². The second-order valence-electron chi connectivity index (χ2n) is 5.36. The van der Waals surface area contributed by atoms with E-state index >= 15 is 0 Å². The lowest BCUT2D eigenvalue weighted by molar-refractivity contribution is -0.140. The highest BCUT2D eigenvalue weighted by Crippen LogP contribution is 2.30. The molecule has 132 valence electrons. The molecule has 2 N–H and O–H groups in total. The van der Waals surface area contributed by atoms with Gasteiger partial charge in [0.05, 0.1) is 6.54 Å². The summed E-state index contributed by atoms with van der Waals surface area (Å²) in [5.74, 6) is 0.611. The molecule has 0 aliphatic heterocycles. The quantitative estimate of drug-likeness (QED) is 0.420. The van der Waals surface area contributed by atoms with Crippen molar-refractivity contribution in [3.05, 3.63) is 16.1 Å². The Hall–Kier alpha value is -1.31. The normalized spacial score (nSPS) is 13.9. The Balaban J connectivity index is 2.59. The van der Waals surface area contributed by atoms with E-state index in [4.69, 9.17) is 0 Å². The zero-order chi connectivity index (χ0) is 17.3. The minimum Gasteiger partial charge on any atom is -0.357 e. The molecule has 1 aromatic heterocycles. The number of aromatic nitrogens is 1. The summed E-state index contributed by atoms with van der Waals surface area (Å²) >= 11 is 0.978. The van der Waals surface area contributed by atoms with Crippen LogP contribution in [0.2, 0.25) is 0 Å². The Morgan fingerprint density at radius 3 is 2.65 bits per heavy atom. The number of aliphatic imine (C=N–C) groups is 1. The highest BCUT2D eigenvalue weighted by molar-refractivity contribution is 7.09. The van der Waals surface area contributed by atoms with E-state index < -0.39 is 11.9 Å². The molecule has 1 heterocycles. The minimum absolute atomic E-state index is 0.137. The fraction of sp³-hybridized carbons (Fsp3) is 0.733. The van der Waals surface area contributed by atoms with E-state index in [1.807, 2.05) is 6.92 Å². The molecule has 0 radical (unpaired) electrons. The fourth-order valence-corrected chi connectivity index (χ4v) is 2.71. The van der Waals surface area contributed by atoms with Crippen molar-refractivity contribution in [3.8, 4) is 0 Å². The van der Waals surface area contributed by atoms with E-state index in [1.165, 1.54) is 12.8 Å². The lowest BCUT2D eigenvalue weighted by Gasteiger charge is -2.17. The molecule has 1 rings (SSSR count). The van der Waals surface area contributed by atoms with E-state index in [9.17, 15) is 13.2 Å². The molecule has 23 heavy (non-hydrogen) atoms. The molecule has 0 aliphatic carbocycles. The first-order valence-electron chi connectivity index (χ1n) is 7.93. The maximum Gasteiger partial charge on any atom is 0.434 e. The van der Waals surface area contributed by atoms with Crippen LogP contribution in [0.25, 0.3) is 0 Å². The number of unbranched alkanes of at least 4 members (excludes halogenated alkanes) is 2. The highest BCUT2D eigenvalue weighted by atomic mass is 32.1. The number of nitrogens with one attached hydrogen (secondary N) is 2. The maximum absolute atomic E-state index is 12.5. The smallest absolute Gasteiger partial charge is 0.357 e. The molecule has 4 nitrogen and oxygen atoms in total. The molecule has 0 saturated carbocycles. The van der Waals surface area contributed by atoms with Crippen molar-refractivity contribution in [3.63, 3.8) is 0 Å². The van der Waals surface area contributed by atoms with E-state index in [-0.39, 0.29) is 12.6 Å². The molecule has 8 heteroatoms. The van der Waals surface area contributed by atoms with Crippen LogP contribution < -0.4 is 10.6 Å². The third-order valence-corrected chi connectivity index (χ3v) is 4.02. The number of rotatable bonds is 8. The van der Waals surface area contributed by atoms with Gasteiger partial charge in [0.25, 0.3) is 0 Å². The maximum atomic E-state index is 12.5. The monoisotopic (exact) mass is 350 g/mol. The van der Waals surface area contributed by atoms with Crippen molar-refractivity contribution in [2.45, 2.75) is 65.2 Å². The van der Waals surface area contributed by atoms with Gasteiger partial charge in [0, 0.05) is 18.0 Å². The van der Waals surface area contributed by atoms with Crippen LogP contribution in [0, 0.1) is 0 Å². The van der Waals surface area contributed by atoms with Crippen molar-refractivity contribution in [2.75, 3.05) is 6.54 Å². The molecule has 1 atom stereocenters. The van der Waals surface area contributed by atoms with Gasteiger partial charge in [0.15, 0.2) is 11.7 Å². The van der Waals surface area contributed by atoms with Crippen LogP contribution in [0.1, 0.15) is 57.2 Å². The summed E-state index contributed by atoms with van der Waals surface area (Å²) in [5.41, 5.74) is -0.849. The Labute approximate surface area is 139 Å². The molecule has 0 spiro atoms. The van der Waals surface area contributed by atoms with Crippen LogP contribution in [0.4, 0.5) is 13.2 Å². The Bertz CT molecular complexity index is 485. The van der Waals surface area contributed by atoms with E-state index in [2.05, 4.69) is 34.5 Å². The summed E-state index contributed by atoms with van der Waals surface area (Å²) < 4.78 is 37.6. The van der Waals surface area contributed by atoms with E-state index in [1.54, 1.807) is 0 Å². The lowest BCUT2D eigenvalue weighted by Crippen LogP contribution is -2.42. The van der Waals surface area contributed by atoms with Crippen molar-refractivity contribution < 1.29 is 13.2 Å². The molecule has 0 bridgehead atoms. The second kappa shape index (κ2) is 9.75. The number of guanidine groups is 1. The molecule has 0 saturated heterocycles. The predicted molar refractivity (Wildman–Crippen MR) is 88.7 cm³/mol. The number of hydrogen-bond acceptors (Lipinski definition) is 3. The van der Waals surface area contributed by atoms with Gasteiger partial charge in [-0.25, -0.2) is 9.98 Å². The van der Waals surface area contributed by atoms with Crippen LogP contribution >= 0.6 is 11.3 Å². The average molecular weight is 350 g/mol. The third kappa shape index (κ3) is 7.67. The largest absolute Gasteiger partial charge is 0.434 e. The molecule has 1 aromatic rings. The first-order valence-corrected chi connectivity index (χ1v) is 8.81.